The number of piperidine rings is 3. The van der Waals surface area contributed by atoms with E-state index in [4.69, 9.17) is 9.47 Å². The number of hydrogen-bond donors (Lipinski definition) is 7. The van der Waals surface area contributed by atoms with E-state index >= 15 is 0 Å². The molecule has 0 aliphatic carbocycles. The van der Waals surface area contributed by atoms with Crippen molar-refractivity contribution in [1.82, 2.24) is 47.1 Å². The summed E-state index contributed by atoms with van der Waals surface area (Å²) in [7, 11) is 1.16. The Morgan fingerprint density at radius 3 is 1.02 bits per heavy atom. The summed E-state index contributed by atoms with van der Waals surface area (Å²) in [5, 5.41) is 20.7. The number of morpholine rings is 1. The molecule has 0 unspecified atom stereocenters. The smallest absolute Gasteiger partial charge is 0.261 e. The summed E-state index contributed by atoms with van der Waals surface area (Å²) in [5.41, 5.74) is 0. The van der Waals surface area contributed by atoms with E-state index in [0.717, 1.165) is 38.6 Å². The van der Waals surface area contributed by atoms with E-state index in [2.05, 4.69) is 54.1 Å². The molecule has 0 spiro atoms. The lowest BCUT2D eigenvalue weighted by Crippen LogP contribution is -2.38. The number of aromatic nitrogens is 1. The molecule has 0 radical (unpaired) electrons. The summed E-state index contributed by atoms with van der Waals surface area (Å²) in [5.74, 6) is -3.15. The second-order valence-corrected chi connectivity index (χ2v) is 19.4. The first-order valence-corrected chi connectivity index (χ1v) is 33.7. The number of nitrogens with zero attached hydrogens (tertiary/aromatic N) is 2. The van der Waals surface area contributed by atoms with Gasteiger partial charge in [-0.15, -0.1) is 0 Å². The zero-order valence-corrected chi connectivity index (χ0v) is 55.7. The normalized spacial score (nSPS) is 19.6. The summed E-state index contributed by atoms with van der Waals surface area (Å²) in [4.78, 5) is 6.17. The zero-order chi connectivity index (χ0) is 62.4. The number of ether oxygens (including phenoxy) is 2. The monoisotopic (exact) mass is 1210 g/mol. The van der Waals surface area contributed by atoms with Gasteiger partial charge in [0.05, 0.1) is 44.9 Å². The maximum atomic E-state index is 12.2. The van der Waals surface area contributed by atoms with Crippen LogP contribution in [0.3, 0.4) is 0 Å². The molecule has 7 N–H and O–H groups in total. The predicted octanol–water partition coefficient (Wildman–Crippen LogP) is 13.0. The van der Waals surface area contributed by atoms with Gasteiger partial charge in [0.25, 0.3) is 17.8 Å². The number of methoxy groups -OCH3 is 1. The molecule has 80 heavy (non-hydrogen) atoms. The fourth-order valence-corrected chi connectivity index (χ4v) is 8.02. The first-order chi connectivity index (χ1) is 38.2. The molecule has 0 bridgehead atoms. The molecule has 0 saturated carbocycles. The minimum atomic E-state index is -2.65. The van der Waals surface area contributed by atoms with Crippen LogP contribution >= 0.6 is 11.8 Å². The van der Waals surface area contributed by atoms with Crippen molar-refractivity contribution in [2.24, 2.45) is 0 Å². The van der Waals surface area contributed by atoms with E-state index in [1.54, 1.807) is 31.6 Å². The predicted molar refractivity (Wildman–Crippen MR) is 344 cm³/mol. The molecule has 8 aliphatic rings. The number of nitrogens with one attached hydrogen (secondary N) is 7. The van der Waals surface area contributed by atoms with Crippen LogP contribution in [0.5, 0.6) is 5.75 Å². The summed E-state index contributed by atoms with van der Waals surface area (Å²) in [6, 6.07) is 3.61. The Morgan fingerprint density at radius 1 is 0.487 bits per heavy atom. The second kappa shape index (κ2) is 79.5. The van der Waals surface area contributed by atoms with Crippen LogP contribution in [0.4, 0.5) is 26.3 Å². The van der Waals surface area contributed by atoms with Crippen molar-refractivity contribution in [3.63, 3.8) is 0 Å². The van der Waals surface area contributed by atoms with Crippen molar-refractivity contribution in [1.29, 1.82) is 0 Å². The number of pyridine rings is 1. The topological polar surface area (TPSA) is 153 Å². The summed E-state index contributed by atoms with van der Waals surface area (Å²) in [6.07, 6.45) is 11.1. The first-order valence-electron chi connectivity index (χ1n) is 30.7. The third-order valence-corrected chi connectivity index (χ3v) is 12.6. The summed E-state index contributed by atoms with van der Waals surface area (Å²) < 4.78 is 103. The fraction of sp³-hybridized carbons (Fsp3) is 0.915. The SMILES string of the molecule is C.C1CCNCC1.C1COCCN1.C1CSCCN1.CC.CC.CC.CC.CC.CC.CC.CC.CN1CCCC1.COc1ccncc1.FC1(F)CCCNC1.FC1(F)CCNC1.FC1(F)CCNCC1.O=S1(=O)CCNCC1. The lowest BCUT2D eigenvalue weighted by molar-refractivity contribution is -0.0274. The average molecular weight is 1210 g/mol. The van der Waals surface area contributed by atoms with Crippen LogP contribution in [0, 0.1) is 0 Å². The van der Waals surface area contributed by atoms with Gasteiger partial charge in [0.15, 0.2) is 9.84 Å². The highest BCUT2D eigenvalue weighted by molar-refractivity contribution is 7.99. The minimum absolute atomic E-state index is 0. The van der Waals surface area contributed by atoms with E-state index in [0.29, 0.717) is 50.7 Å². The van der Waals surface area contributed by atoms with Gasteiger partial charge in [-0.25, -0.2) is 34.8 Å². The zero-order valence-electron chi connectivity index (χ0n) is 54.0. The molecule has 9 heterocycles. The van der Waals surface area contributed by atoms with E-state index in [-0.39, 0.29) is 46.2 Å². The fourth-order valence-electron chi connectivity index (χ4n) is 6.12. The van der Waals surface area contributed by atoms with Crippen LogP contribution in [-0.4, -0.2) is 191 Å². The summed E-state index contributed by atoms with van der Waals surface area (Å²) >= 11 is 2.03. The van der Waals surface area contributed by atoms with Crippen LogP contribution in [0.25, 0.3) is 0 Å². The van der Waals surface area contributed by atoms with Crippen molar-refractivity contribution < 1.29 is 44.2 Å². The Balaban J connectivity index is -0.0000000981. The van der Waals surface area contributed by atoms with Gasteiger partial charge in [0.1, 0.15) is 5.75 Å². The third kappa shape index (κ3) is 82.9. The van der Waals surface area contributed by atoms with E-state index in [1.165, 1.54) is 82.9 Å². The van der Waals surface area contributed by atoms with Gasteiger partial charge in [0, 0.05) is 108 Å². The Hall–Kier alpha value is -1.53. The standard InChI is InChI=1S/C6H7NO.2C5H9F2N.2C5H11N.C4H7F2N.C4H9NO2S.C4H9NO.C4H9NS.8C2H6.CH4/c1-8-6-2-4-7-5-3-6;6-5(7)1-3-8-4-2-5;6-5(7)2-1-3-8-4-5;1-6-4-2-3-5-6;1-2-4-6-5-3-1;5-4(6)1-2-7-3-4;6-8(7)3-1-5-2-4-8;2*1-3-6-4-2-5-1;8*1-2;/h2-5H,1H3;2*8H,1-4H2;2-5H2,1H3;6H,1-5H2;7H,1-3H2;5H,1-4H2;2*5H,1-4H2;8*1-2H3;1H4. The lowest BCUT2D eigenvalue weighted by atomic mass is 10.1. The Kier molecular flexibility index (Phi) is 97.0. The van der Waals surface area contributed by atoms with Crippen molar-refractivity contribution in [2.75, 3.05) is 155 Å². The molecule has 8 saturated heterocycles. The number of thioether (sulfide) groups is 1. The quantitative estimate of drug-likeness (QED) is 0.134. The number of rotatable bonds is 1. The van der Waals surface area contributed by atoms with Gasteiger partial charge in [-0.3, -0.25) is 4.98 Å². The number of alkyl halides is 6. The Bertz CT molecular complexity index is 1180. The van der Waals surface area contributed by atoms with E-state index in [9.17, 15) is 34.8 Å². The molecule has 492 valence electrons. The average Bonchev–Trinajstić information content (AvgIpc) is 4.19. The van der Waals surface area contributed by atoms with Crippen LogP contribution in [0.2, 0.25) is 0 Å². The molecule has 1 aromatic heterocycles. The molecule has 8 aliphatic heterocycles. The van der Waals surface area contributed by atoms with Crippen molar-refractivity contribution >= 4 is 21.6 Å². The second-order valence-electron chi connectivity index (χ2n) is 15.9. The molecule has 9 rings (SSSR count). The van der Waals surface area contributed by atoms with Crippen molar-refractivity contribution in [2.45, 2.75) is 200 Å². The van der Waals surface area contributed by atoms with Crippen molar-refractivity contribution in [3.05, 3.63) is 24.5 Å². The van der Waals surface area contributed by atoms with E-state index < -0.39 is 27.6 Å². The molecule has 0 aromatic carbocycles. The lowest BCUT2D eigenvalue weighted by Gasteiger charge is -2.21. The molecule has 21 heteroatoms. The Morgan fingerprint density at radius 2 is 0.850 bits per heavy atom. The molecule has 0 amide bonds. The molecule has 0 atom stereocenters. The van der Waals surface area contributed by atoms with Crippen LogP contribution in [-0.2, 0) is 14.6 Å². The largest absolute Gasteiger partial charge is 0.497 e. The molecule has 8 fully saturated rings. The van der Waals surface area contributed by atoms with Crippen LogP contribution < -0.4 is 42.0 Å². The first kappa shape index (κ1) is 97.6. The molecular weight excluding hydrogens is 1080 g/mol. The van der Waals surface area contributed by atoms with Crippen LogP contribution in [0.15, 0.2) is 24.5 Å². The number of sulfone groups is 1. The van der Waals surface area contributed by atoms with Gasteiger partial charge in [-0.1, -0.05) is 125 Å². The number of halogens is 6. The van der Waals surface area contributed by atoms with Gasteiger partial charge in [-0.2, -0.15) is 11.8 Å². The molecule has 1 aromatic rings. The number of likely N-dealkylation sites (tertiary alicyclic amines) is 1. The highest BCUT2D eigenvalue weighted by Crippen LogP contribution is 2.24. The van der Waals surface area contributed by atoms with Gasteiger partial charge in [-0.05, 0) is 84.0 Å². The molecular formula is C59H133F6N9O4S2. The number of hydrogen-bond acceptors (Lipinski definition) is 14. The van der Waals surface area contributed by atoms with Crippen LogP contribution in [0.1, 0.15) is 182 Å². The molecule has 13 nitrogen and oxygen atoms in total. The highest BCUT2D eigenvalue weighted by Gasteiger charge is 2.32. The minimum Gasteiger partial charge on any atom is -0.497 e. The van der Waals surface area contributed by atoms with Gasteiger partial charge < -0.3 is 51.6 Å². The van der Waals surface area contributed by atoms with Gasteiger partial charge in [0.2, 0.25) is 0 Å². The highest BCUT2D eigenvalue weighted by atomic mass is 32.2. The van der Waals surface area contributed by atoms with E-state index in [1.807, 2.05) is 123 Å². The third-order valence-electron chi connectivity index (χ3n) is 9.96. The van der Waals surface area contributed by atoms with Gasteiger partial charge >= 0.3 is 0 Å². The summed E-state index contributed by atoms with van der Waals surface area (Å²) in [6.45, 7) is 46.5. The van der Waals surface area contributed by atoms with Crippen molar-refractivity contribution in [3.8, 4) is 5.75 Å². The Labute approximate surface area is 496 Å². The maximum absolute atomic E-state index is 12.2. The maximum Gasteiger partial charge on any atom is 0.261 e.